The first-order chi connectivity index (χ1) is 8.75. The summed E-state index contributed by atoms with van der Waals surface area (Å²) in [7, 11) is 0. The van der Waals surface area contributed by atoms with Gasteiger partial charge in [0.05, 0.1) is 0 Å². The van der Waals surface area contributed by atoms with Crippen LogP contribution in [0.3, 0.4) is 0 Å². The molecule has 1 heterocycles. The lowest BCUT2D eigenvalue weighted by atomic mass is 9.98. The van der Waals surface area contributed by atoms with E-state index in [9.17, 15) is 8.78 Å². The van der Waals surface area contributed by atoms with Crippen LogP contribution in [-0.4, -0.2) is 26.2 Å². The number of nitrogens with one attached hydrogen (secondary N) is 2. The molecule has 0 radical (unpaired) electrons. The van der Waals surface area contributed by atoms with E-state index in [0.717, 1.165) is 38.2 Å². The van der Waals surface area contributed by atoms with Crippen LogP contribution in [0.25, 0.3) is 0 Å². The Bertz CT molecular complexity index is 376. The molecule has 0 bridgehead atoms. The van der Waals surface area contributed by atoms with Crippen molar-refractivity contribution < 1.29 is 8.78 Å². The quantitative estimate of drug-likeness (QED) is 0.786. The van der Waals surface area contributed by atoms with Crippen LogP contribution in [0.2, 0.25) is 0 Å². The number of hydrogen-bond acceptors (Lipinski definition) is 2. The molecule has 2 N–H and O–H groups in total. The van der Waals surface area contributed by atoms with Crippen molar-refractivity contribution in [1.29, 1.82) is 0 Å². The highest BCUT2D eigenvalue weighted by molar-refractivity contribution is 5.18. The fraction of sp³-hybridized carbons (Fsp3) is 0.571. The van der Waals surface area contributed by atoms with E-state index >= 15 is 0 Å². The number of benzene rings is 1. The number of hydrogen-bond donors (Lipinski definition) is 2. The van der Waals surface area contributed by atoms with Gasteiger partial charge in [0.15, 0.2) is 0 Å². The molecule has 1 aliphatic rings. The molecule has 1 aromatic carbocycles. The third-order valence-electron chi connectivity index (χ3n) is 3.48. The smallest absolute Gasteiger partial charge is 0.129 e. The van der Waals surface area contributed by atoms with E-state index in [1.165, 1.54) is 25.0 Å². The Hall–Kier alpha value is -1.00. The average Bonchev–Trinajstić information content (AvgIpc) is 2.38. The Morgan fingerprint density at radius 1 is 1.22 bits per heavy atom. The van der Waals surface area contributed by atoms with Crippen molar-refractivity contribution in [2.45, 2.75) is 19.3 Å². The third kappa shape index (κ3) is 4.03. The van der Waals surface area contributed by atoms with Crippen LogP contribution in [0.1, 0.15) is 18.4 Å². The van der Waals surface area contributed by atoms with E-state index < -0.39 is 11.6 Å². The summed E-state index contributed by atoms with van der Waals surface area (Å²) in [5, 5.41) is 6.69. The highest BCUT2D eigenvalue weighted by Crippen LogP contribution is 2.11. The van der Waals surface area contributed by atoms with E-state index in [4.69, 9.17) is 0 Å². The minimum absolute atomic E-state index is 0.446. The minimum atomic E-state index is -0.515. The molecule has 0 unspecified atom stereocenters. The van der Waals surface area contributed by atoms with E-state index in [2.05, 4.69) is 10.6 Å². The molecule has 1 saturated heterocycles. The monoisotopic (exact) mass is 254 g/mol. The second-order valence-corrected chi connectivity index (χ2v) is 4.88. The fourth-order valence-electron chi connectivity index (χ4n) is 2.34. The van der Waals surface area contributed by atoms with Crippen LogP contribution in [-0.2, 0) is 6.42 Å². The summed E-state index contributed by atoms with van der Waals surface area (Å²) >= 11 is 0. The number of piperidine rings is 1. The number of halogens is 2. The predicted molar refractivity (Wildman–Crippen MR) is 68.5 cm³/mol. The third-order valence-corrected chi connectivity index (χ3v) is 3.48. The van der Waals surface area contributed by atoms with E-state index in [0.29, 0.717) is 12.0 Å². The first kappa shape index (κ1) is 13.4. The molecule has 1 fully saturated rings. The van der Waals surface area contributed by atoms with Gasteiger partial charge in [0.2, 0.25) is 0 Å². The van der Waals surface area contributed by atoms with Crippen LogP contribution in [0.5, 0.6) is 0 Å². The van der Waals surface area contributed by atoms with Crippen molar-refractivity contribution in [2.24, 2.45) is 5.92 Å². The van der Waals surface area contributed by atoms with Gasteiger partial charge in [-0.05, 0) is 63.0 Å². The maximum Gasteiger partial charge on any atom is 0.129 e. The summed E-state index contributed by atoms with van der Waals surface area (Å²) in [5.41, 5.74) is 0.578. The summed E-state index contributed by atoms with van der Waals surface area (Å²) < 4.78 is 26.1. The van der Waals surface area contributed by atoms with Crippen molar-refractivity contribution >= 4 is 0 Å². The van der Waals surface area contributed by atoms with Gasteiger partial charge in [-0.15, -0.1) is 0 Å². The molecule has 0 atom stereocenters. The zero-order valence-corrected chi connectivity index (χ0v) is 10.5. The summed E-state index contributed by atoms with van der Waals surface area (Å²) in [5.74, 6) is -0.234. The SMILES string of the molecule is Fc1ccc(CCNCC2CCNCC2)c(F)c1. The molecular formula is C14H20F2N2. The Morgan fingerprint density at radius 2 is 2.00 bits per heavy atom. The molecular weight excluding hydrogens is 234 g/mol. The lowest BCUT2D eigenvalue weighted by Gasteiger charge is -2.22. The van der Waals surface area contributed by atoms with Gasteiger partial charge >= 0.3 is 0 Å². The molecule has 18 heavy (non-hydrogen) atoms. The van der Waals surface area contributed by atoms with Gasteiger partial charge in [-0.2, -0.15) is 0 Å². The maximum absolute atomic E-state index is 13.4. The molecule has 0 aliphatic carbocycles. The largest absolute Gasteiger partial charge is 0.317 e. The Labute approximate surface area is 107 Å². The molecule has 0 saturated carbocycles. The zero-order valence-electron chi connectivity index (χ0n) is 10.5. The summed E-state index contributed by atoms with van der Waals surface area (Å²) in [6, 6.07) is 3.78. The van der Waals surface area contributed by atoms with Gasteiger partial charge in [-0.1, -0.05) is 6.07 Å². The van der Waals surface area contributed by atoms with Crippen molar-refractivity contribution in [3.8, 4) is 0 Å². The van der Waals surface area contributed by atoms with Gasteiger partial charge in [-0.3, -0.25) is 0 Å². The molecule has 0 amide bonds. The minimum Gasteiger partial charge on any atom is -0.317 e. The topological polar surface area (TPSA) is 24.1 Å². The van der Waals surface area contributed by atoms with E-state index in [-0.39, 0.29) is 0 Å². The lowest BCUT2D eigenvalue weighted by molar-refractivity contribution is 0.357. The van der Waals surface area contributed by atoms with Crippen LogP contribution in [0.4, 0.5) is 8.78 Å². The summed E-state index contributed by atoms with van der Waals surface area (Å²) in [6.07, 6.45) is 3.02. The fourth-order valence-corrected chi connectivity index (χ4v) is 2.34. The molecule has 1 aliphatic heterocycles. The van der Waals surface area contributed by atoms with Crippen LogP contribution in [0.15, 0.2) is 18.2 Å². The summed E-state index contributed by atoms with van der Waals surface area (Å²) in [4.78, 5) is 0. The molecule has 2 nitrogen and oxygen atoms in total. The Balaban J connectivity index is 1.68. The maximum atomic E-state index is 13.4. The molecule has 0 aromatic heterocycles. The lowest BCUT2D eigenvalue weighted by Crippen LogP contribution is -2.34. The van der Waals surface area contributed by atoms with Crippen molar-refractivity contribution in [1.82, 2.24) is 10.6 Å². The van der Waals surface area contributed by atoms with Gasteiger partial charge in [0.25, 0.3) is 0 Å². The average molecular weight is 254 g/mol. The predicted octanol–water partition coefficient (Wildman–Crippen LogP) is 2.10. The summed E-state index contributed by atoms with van der Waals surface area (Å²) in [6.45, 7) is 3.93. The molecule has 1 aromatic rings. The van der Waals surface area contributed by atoms with Gasteiger partial charge in [-0.25, -0.2) is 8.78 Å². The Kier molecular flexibility index (Phi) is 5.08. The van der Waals surface area contributed by atoms with Crippen LogP contribution < -0.4 is 10.6 Å². The van der Waals surface area contributed by atoms with Crippen molar-refractivity contribution in [3.63, 3.8) is 0 Å². The van der Waals surface area contributed by atoms with Gasteiger partial charge < -0.3 is 10.6 Å². The first-order valence-corrected chi connectivity index (χ1v) is 6.61. The molecule has 0 spiro atoms. The standard InChI is InChI=1S/C14H20F2N2/c15-13-2-1-12(14(16)9-13)5-8-18-10-11-3-6-17-7-4-11/h1-2,9,11,17-18H,3-8,10H2. The first-order valence-electron chi connectivity index (χ1n) is 6.61. The highest BCUT2D eigenvalue weighted by atomic mass is 19.1. The van der Waals surface area contributed by atoms with Crippen LogP contribution in [0, 0.1) is 17.6 Å². The second-order valence-electron chi connectivity index (χ2n) is 4.88. The second kappa shape index (κ2) is 6.81. The van der Waals surface area contributed by atoms with Crippen LogP contribution >= 0.6 is 0 Å². The zero-order chi connectivity index (χ0) is 12.8. The number of rotatable bonds is 5. The van der Waals surface area contributed by atoms with E-state index in [1.807, 2.05) is 0 Å². The van der Waals surface area contributed by atoms with Gasteiger partial charge in [0, 0.05) is 6.07 Å². The molecule has 4 heteroatoms. The van der Waals surface area contributed by atoms with Crippen molar-refractivity contribution in [2.75, 3.05) is 26.2 Å². The normalized spacial score (nSPS) is 17.0. The molecule has 100 valence electrons. The molecule has 2 rings (SSSR count). The Morgan fingerprint density at radius 3 is 2.72 bits per heavy atom. The van der Waals surface area contributed by atoms with Gasteiger partial charge in [0.1, 0.15) is 11.6 Å². The highest BCUT2D eigenvalue weighted by Gasteiger charge is 2.12. The van der Waals surface area contributed by atoms with E-state index in [1.54, 1.807) is 0 Å². The van der Waals surface area contributed by atoms with Crippen molar-refractivity contribution in [3.05, 3.63) is 35.4 Å².